The molecule has 0 spiro atoms. The minimum absolute atomic E-state index is 0.0142. The molecule has 1 aromatic carbocycles. The van der Waals surface area contributed by atoms with Gasteiger partial charge >= 0.3 is 0 Å². The molecular formula is C14H16F2N2O2S. The number of thioether (sulfide) groups is 1. The Morgan fingerprint density at radius 1 is 1.33 bits per heavy atom. The Labute approximate surface area is 125 Å². The van der Waals surface area contributed by atoms with Crippen molar-refractivity contribution in [2.75, 3.05) is 0 Å². The molecule has 0 saturated carbocycles. The molecule has 1 aromatic heterocycles. The zero-order chi connectivity index (χ0) is 15.4. The first kappa shape index (κ1) is 15.9. The second-order valence-electron chi connectivity index (χ2n) is 4.64. The molecule has 0 amide bonds. The SMILES string of the molecule is C[C@H](O)Cn1c(CO)cnc1SCc1c(F)cccc1F. The van der Waals surface area contributed by atoms with Crippen LogP contribution in [0.4, 0.5) is 8.78 Å². The van der Waals surface area contributed by atoms with E-state index in [4.69, 9.17) is 0 Å². The van der Waals surface area contributed by atoms with Crippen molar-refractivity contribution in [3.63, 3.8) is 0 Å². The fourth-order valence-corrected chi connectivity index (χ4v) is 2.92. The van der Waals surface area contributed by atoms with Gasteiger partial charge in [0.25, 0.3) is 0 Å². The third kappa shape index (κ3) is 3.81. The Balaban J connectivity index is 2.18. The minimum Gasteiger partial charge on any atom is -0.392 e. The maximum atomic E-state index is 13.6. The number of nitrogens with zero attached hydrogens (tertiary/aromatic N) is 2. The molecule has 0 aliphatic heterocycles. The number of benzene rings is 1. The summed E-state index contributed by atoms with van der Waals surface area (Å²) in [4.78, 5) is 4.12. The van der Waals surface area contributed by atoms with E-state index in [1.807, 2.05) is 0 Å². The Morgan fingerprint density at radius 3 is 2.57 bits per heavy atom. The van der Waals surface area contributed by atoms with Gasteiger partial charge in [-0.25, -0.2) is 13.8 Å². The number of imidazole rings is 1. The van der Waals surface area contributed by atoms with Crippen molar-refractivity contribution in [1.82, 2.24) is 9.55 Å². The number of aliphatic hydroxyl groups excluding tert-OH is 2. The van der Waals surface area contributed by atoms with E-state index >= 15 is 0 Å². The third-order valence-corrected chi connectivity index (χ3v) is 3.93. The van der Waals surface area contributed by atoms with Gasteiger partial charge in [0.2, 0.25) is 0 Å². The Morgan fingerprint density at radius 2 is 2.00 bits per heavy atom. The van der Waals surface area contributed by atoms with Gasteiger partial charge in [-0.05, 0) is 19.1 Å². The van der Waals surface area contributed by atoms with Gasteiger partial charge in [0.15, 0.2) is 5.16 Å². The highest BCUT2D eigenvalue weighted by Crippen LogP contribution is 2.26. The normalized spacial score (nSPS) is 12.6. The second-order valence-corrected chi connectivity index (χ2v) is 5.58. The summed E-state index contributed by atoms with van der Waals surface area (Å²) in [5.74, 6) is -1.11. The summed E-state index contributed by atoms with van der Waals surface area (Å²) in [6.07, 6.45) is 0.872. The van der Waals surface area contributed by atoms with E-state index in [1.165, 1.54) is 24.4 Å². The van der Waals surface area contributed by atoms with Crippen LogP contribution in [0.5, 0.6) is 0 Å². The van der Waals surface area contributed by atoms with Gasteiger partial charge in [-0.15, -0.1) is 0 Å². The van der Waals surface area contributed by atoms with Crippen LogP contribution in [0.3, 0.4) is 0 Å². The average molecular weight is 314 g/mol. The Hall–Kier alpha value is -1.44. The standard InChI is InChI=1S/C14H16F2N2O2S/c1-9(20)6-18-10(7-19)5-17-14(18)21-8-11-12(15)3-2-4-13(11)16/h2-5,9,19-20H,6-8H2,1H3/t9-/m0/s1. The molecule has 114 valence electrons. The summed E-state index contributed by atoms with van der Waals surface area (Å²) in [7, 11) is 0. The summed E-state index contributed by atoms with van der Waals surface area (Å²) in [6.45, 7) is 1.67. The fraction of sp³-hybridized carbons (Fsp3) is 0.357. The molecule has 1 atom stereocenters. The fourth-order valence-electron chi connectivity index (χ4n) is 1.90. The van der Waals surface area contributed by atoms with Crippen molar-refractivity contribution >= 4 is 11.8 Å². The lowest BCUT2D eigenvalue weighted by Crippen LogP contribution is -2.15. The molecule has 4 nitrogen and oxygen atoms in total. The lowest BCUT2D eigenvalue weighted by molar-refractivity contribution is 0.165. The molecule has 2 N–H and O–H groups in total. The van der Waals surface area contributed by atoms with Gasteiger partial charge in [0, 0.05) is 11.3 Å². The van der Waals surface area contributed by atoms with E-state index in [2.05, 4.69) is 4.98 Å². The molecule has 0 unspecified atom stereocenters. The first-order chi connectivity index (χ1) is 10.0. The van der Waals surface area contributed by atoms with Gasteiger partial charge in [-0.1, -0.05) is 17.8 Å². The second kappa shape index (κ2) is 7.02. The number of halogens is 2. The van der Waals surface area contributed by atoms with Gasteiger partial charge < -0.3 is 14.8 Å². The summed E-state index contributed by atoms with van der Waals surface area (Å²) in [6, 6.07) is 3.73. The molecule has 1 heterocycles. The molecule has 0 aliphatic carbocycles. The van der Waals surface area contributed by atoms with Gasteiger partial charge in [-0.2, -0.15) is 0 Å². The number of aliphatic hydroxyl groups is 2. The Kier molecular flexibility index (Phi) is 5.33. The van der Waals surface area contributed by atoms with E-state index in [0.29, 0.717) is 10.9 Å². The monoisotopic (exact) mass is 314 g/mol. The highest BCUT2D eigenvalue weighted by molar-refractivity contribution is 7.98. The van der Waals surface area contributed by atoms with Crippen LogP contribution in [0.25, 0.3) is 0 Å². The van der Waals surface area contributed by atoms with Crippen LogP contribution in [-0.4, -0.2) is 25.9 Å². The number of hydrogen-bond donors (Lipinski definition) is 2. The van der Waals surface area contributed by atoms with Crippen molar-refractivity contribution in [3.8, 4) is 0 Å². The summed E-state index contributed by atoms with van der Waals surface area (Å²) in [5.41, 5.74) is 0.534. The zero-order valence-corrected chi connectivity index (χ0v) is 12.3. The molecule has 0 radical (unpaired) electrons. The van der Waals surface area contributed by atoms with Crippen molar-refractivity contribution in [2.24, 2.45) is 0 Å². The number of aromatic nitrogens is 2. The van der Waals surface area contributed by atoms with E-state index < -0.39 is 17.7 Å². The number of rotatable bonds is 6. The van der Waals surface area contributed by atoms with Crippen molar-refractivity contribution < 1.29 is 19.0 Å². The van der Waals surface area contributed by atoms with Crippen LogP contribution in [0.15, 0.2) is 29.6 Å². The lowest BCUT2D eigenvalue weighted by atomic mass is 10.2. The predicted octanol–water partition coefficient (Wildman–Crippen LogP) is 2.33. The molecule has 2 rings (SSSR count). The van der Waals surface area contributed by atoms with Crippen LogP contribution in [0.2, 0.25) is 0 Å². The maximum Gasteiger partial charge on any atom is 0.168 e. The zero-order valence-electron chi connectivity index (χ0n) is 11.5. The van der Waals surface area contributed by atoms with Crippen LogP contribution < -0.4 is 0 Å². The quantitative estimate of drug-likeness (QED) is 0.804. The first-order valence-electron chi connectivity index (χ1n) is 6.42. The van der Waals surface area contributed by atoms with Gasteiger partial charge in [0.05, 0.1) is 31.1 Å². The van der Waals surface area contributed by atoms with Gasteiger partial charge in [0.1, 0.15) is 11.6 Å². The lowest BCUT2D eigenvalue weighted by Gasteiger charge is -2.12. The van der Waals surface area contributed by atoms with E-state index in [0.717, 1.165) is 11.8 Å². The smallest absolute Gasteiger partial charge is 0.168 e. The van der Waals surface area contributed by atoms with Crippen LogP contribution in [0, 0.1) is 11.6 Å². The van der Waals surface area contributed by atoms with Crippen LogP contribution >= 0.6 is 11.8 Å². The Bertz CT molecular complexity index is 597. The molecule has 2 aromatic rings. The highest BCUT2D eigenvalue weighted by Gasteiger charge is 2.14. The van der Waals surface area contributed by atoms with Gasteiger partial charge in [-0.3, -0.25) is 0 Å². The van der Waals surface area contributed by atoms with E-state index in [1.54, 1.807) is 11.5 Å². The molecule has 7 heteroatoms. The third-order valence-electron chi connectivity index (χ3n) is 2.92. The molecule has 0 aliphatic rings. The molecule has 0 saturated heterocycles. The first-order valence-corrected chi connectivity index (χ1v) is 7.40. The van der Waals surface area contributed by atoms with Crippen molar-refractivity contribution in [2.45, 2.75) is 37.1 Å². The molecule has 21 heavy (non-hydrogen) atoms. The predicted molar refractivity (Wildman–Crippen MR) is 75.7 cm³/mol. The van der Waals surface area contributed by atoms with Crippen molar-refractivity contribution in [3.05, 3.63) is 47.3 Å². The summed E-state index contributed by atoms with van der Waals surface area (Å²) < 4.78 is 28.8. The van der Waals surface area contributed by atoms with E-state index in [-0.39, 0.29) is 24.5 Å². The summed E-state index contributed by atoms with van der Waals surface area (Å²) in [5, 5.41) is 19.2. The van der Waals surface area contributed by atoms with Crippen molar-refractivity contribution in [1.29, 1.82) is 0 Å². The minimum atomic E-state index is -0.617. The topological polar surface area (TPSA) is 58.3 Å². The molecule has 0 fully saturated rings. The summed E-state index contributed by atoms with van der Waals surface area (Å²) >= 11 is 1.16. The maximum absolute atomic E-state index is 13.6. The van der Waals surface area contributed by atoms with E-state index in [9.17, 15) is 19.0 Å². The van der Waals surface area contributed by atoms with Crippen LogP contribution in [-0.2, 0) is 18.9 Å². The molecule has 0 bridgehead atoms. The number of hydrogen-bond acceptors (Lipinski definition) is 4. The highest BCUT2D eigenvalue weighted by atomic mass is 32.2. The average Bonchev–Trinajstić information content (AvgIpc) is 2.80. The molecular weight excluding hydrogens is 298 g/mol. The largest absolute Gasteiger partial charge is 0.392 e. The van der Waals surface area contributed by atoms with Crippen LogP contribution in [0.1, 0.15) is 18.2 Å².